The minimum absolute atomic E-state index is 0.0615. The van der Waals surface area contributed by atoms with Crippen molar-refractivity contribution in [1.82, 2.24) is 10.6 Å². The average Bonchev–Trinajstić information content (AvgIpc) is 3.24. The van der Waals surface area contributed by atoms with Gasteiger partial charge in [-0.1, -0.05) is 48.0 Å². The molecule has 164 valence electrons. The molecule has 4 rings (SSSR count). The van der Waals surface area contributed by atoms with Gasteiger partial charge in [-0.2, -0.15) is 0 Å². The number of anilines is 1. The molecule has 2 aromatic rings. The first kappa shape index (κ1) is 21.4. The Kier molecular flexibility index (Phi) is 6.87. The maximum absolute atomic E-state index is 12.8. The van der Waals surface area contributed by atoms with E-state index in [4.69, 9.17) is 4.74 Å². The third-order valence-corrected chi connectivity index (χ3v) is 6.20. The molecule has 2 aliphatic heterocycles. The Morgan fingerprint density at radius 3 is 2.77 bits per heavy atom. The molecule has 0 saturated carbocycles. The molecule has 1 amide bonds. The Labute approximate surface area is 184 Å². The molecule has 2 unspecified atom stereocenters. The van der Waals surface area contributed by atoms with Gasteiger partial charge in [-0.3, -0.25) is 9.79 Å². The smallest absolute Gasteiger partial charge is 0.246 e. The summed E-state index contributed by atoms with van der Waals surface area (Å²) in [5.41, 5.74) is 4.74. The molecule has 0 bridgehead atoms. The zero-order valence-electron chi connectivity index (χ0n) is 18.4. The Morgan fingerprint density at radius 1 is 1.16 bits per heavy atom. The maximum atomic E-state index is 12.8. The van der Waals surface area contributed by atoms with Crippen LogP contribution < -0.4 is 15.5 Å². The van der Waals surface area contributed by atoms with Crippen molar-refractivity contribution in [3.63, 3.8) is 0 Å². The van der Waals surface area contributed by atoms with Gasteiger partial charge < -0.3 is 20.3 Å². The summed E-state index contributed by atoms with van der Waals surface area (Å²) in [5, 5.41) is 6.59. The fourth-order valence-electron chi connectivity index (χ4n) is 4.48. The summed E-state index contributed by atoms with van der Waals surface area (Å²) in [6.07, 6.45) is 3.17. The number of benzene rings is 2. The summed E-state index contributed by atoms with van der Waals surface area (Å²) in [6, 6.07) is 16.7. The molecule has 2 aromatic carbocycles. The van der Waals surface area contributed by atoms with Gasteiger partial charge >= 0.3 is 0 Å². The summed E-state index contributed by atoms with van der Waals surface area (Å²) in [7, 11) is 1.74. The molecule has 2 aliphatic rings. The van der Waals surface area contributed by atoms with Gasteiger partial charge in [0.05, 0.1) is 12.6 Å². The normalized spacial score (nSPS) is 21.0. The van der Waals surface area contributed by atoms with Crippen LogP contribution in [0.4, 0.5) is 5.69 Å². The van der Waals surface area contributed by atoms with E-state index in [2.05, 4.69) is 52.9 Å². The van der Waals surface area contributed by atoms with Crippen molar-refractivity contribution in [3.8, 4) is 0 Å². The van der Waals surface area contributed by atoms with E-state index in [-0.39, 0.29) is 18.6 Å². The van der Waals surface area contributed by atoms with Crippen molar-refractivity contribution in [2.75, 3.05) is 38.2 Å². The van der Waals surface area contributed by atoms with Crippen LogP contribution >= 0.6 is 0 Å². The van der Waals surface area contributed by atoms with E-state index in [0.29, 0.717) is 11.9 Å². The lowest BCUT2D eigenvalue weighted by Crippen LogP contribution is -2.46. The molecule has 0 radical (unpaired) electrons. The number of aliphatic imine (C=N–C) groups is 1. The first-order valence-electron chi connectivity index (χ1n) is 11.2. The monoisotopic (exact) mass is 420 g/mol. The van der Waals surface area contributed by atoms with E-state index in [0.717, 1.165) is 44.6 Å². The quantitative estimate of drug-likeness (QED) is 0.576. The number of aryl methyl sites for hydroxylation is 1. The second-order valence-corrected chi connectivity index (χ2v) is 8.34. The molecular weight excluding hydrogens is 388 g/mol. The van der Waals surface area contributed by atoms with Crippen LogP contribution in [-0.4, -0.2) is 45.2 Å². The van der Waals surface area contributed by atoms with Gasteiger partial charge in [0.15, 0.2) is 5.96 Å². The van der Waals surface area contributed by atoms with Gasteiger partial charge in [-0.15, -0.1) is 0 Å². The molecule has 2 N–H and O–H groups in total. The molecule has 31 heavy (non-hydrogen) atoms. The Hall–Kier alpha value is -2.86. The van der Waals surface area contributed by atoms with Crippen LogP contribution in [0, 0.1) is 12.8 Å². The summed E-state index contributed by atoms with van der Waals surface area (Å²) in [5.74, 6) is 1.07. The van der Waals surface area contributed by atoms with Crippen molar-refractivity contribution in [2.45, 2.75) is 32.3 Å². The number of carbonyl (C=O) groups excluding carboxylic acids is 1. The van der Waals surface area contributed by atoms with Crippen LogP contribution in [0.25, 0.3) is 0 Å². The molecule has 2 atom stereocenters. The van der Waals surface area contributed by atoms with Gasteiger partial charge in [0.1, 0.15) is 0 Å². The van der Waals surface area contributed by atoms with Crippen LogP contribution in [0.3, 0.4) is 0 Å². The second-order valence-electron chi connectivity index (χ2n) is 8.34. The molecule has 0 aromatic heterocycles. The summed E-state index contributed by atoms with van der Waals surface area (Å²) in [6.45, 7) is 4.61. The summed E-state index contributed by atoms with van der Waals surface area (Å²) in [4.78, 5) is 18.9. The summed E-state index contributed by atoms with van der Waals surface area (Å²) < 4.78 is 6.12. The lowest BCUT2D eigenvalue weighted by molar-refractivity contribution is -0.117. The lowest BCUT2D eigenvalue weighted by atomic mass is 9.89. The molecular formula is C25H32N4O2. The van der Waals surface area contributed by atoms with Gasteiger partial charge in [0.2, 0.25) is 5.91 Å². The van der Waals surface area contributed by atoms with Crippen molar-refractivity contribution < 1.29 is 9.53 Å². The van der Waals surface area contributed by atoms with Crippen molar-refractivity contribution in [2.24, 2.45) is 10.9 Å². The van der Waals surface area contributed by atoms with Crippen LogP contribution in [0.2, 0.25) is 0 Å². The lowest BCUT2D eigenvalue weighted by Gasteiger charge is -2.32. The summed E-state index contributed by atoms with van der Waals surface area (Å²) >= 11 is 0. The fraction of sp³-hybridized carbons (Fsp3) is 0.440. The first-order chi connectivity index (χ1) is 15.2. The van der Waals surface area contributed by atoms with Crippen LogP contribution in [-0.2, 0) is 16.0 Å². The molecule has 0 aliphatic carbocycles. The number of rotatable bonds is 5. The Bertz CT molecular complexity index is 925. The van der Waals surface area contributed by atoms with E-state index in [1.807, 2.05) is 23.1 Å². The minimum Gasteiger partial charge on any atom is -0.373 e. The number of nitrogens with one attached hydrogen (secondary N) is 2. The standard InChI is InChI=1S/C25H32N4O2/c1-18-9-11-20(12-10-18)24-21(7-5-15-31-24)16-27-25(26-2)28-17-23(30)29-14-13-19-6-3-4-8-22(19)29/h3-4,6,8-12,21,24H,5,7,13-17H2,1-2H3,(H2,26,27,28). The number of nitrogens with zero attached hydrogens (tertiary/aromatic N) is 2. The highest BCUT2D eigenvalue weighted by Gasteiger charge is 2.28. The van der Waals surface area contributed by atoms with E-state index >= 15 is 0 Å². The number of ether oxygens (including phenoxy) is 1. The van der Waals surface area contributed by atoms with Crippen molar-refractivity contribution >= 4 is 17.6 Å². The van der Waals surface area contributed by atoms with E-state index in [1.165, 1.54) is 16.7 Å². The zero-order chi connectivity index (χ0) is 21.6. The van der Waals surface area contributed by atoms with Gasteiger partial charge in [0, 0.05) is 38.3 Å². The number of hydrogen-bond acceptors (Lipinski definition) is 3. The Morgan fingerprint density at radius 2 is 1.97 bits per heavy atom. The van der Waals surface area contributed by atoms with Gasteiger partial charge in [-0.05, 0) is 43.4 Å². The molecule has 1 saturated heterocycles. The number of para-hydroxylation sites is 1. The topological polar surface area (TPSA) is 66.0 Å². The largest absolute Gasteiger partial charge is 0.373 e. The molecule has 1 fully saturated rings. The van der Waals surface area contributed by atoms with Crippen molar-refractivity contribution in [1.29, 1.82) is 0 Å². The molecule has 6 heteroatoms. The predicted octanol–water partition coefficient (Wildman–Crippen LogP) is 3.22. The maximum Gasteiger partial charge on any atom is 0.246 e. The number of hydrogen-bond donors (Lipinski definition) is 2. The van der Waals surface area contributed by atoms with Gasteiger partial charge in [-0.25, -0.2) is 0 Å². The second kappa shape index (κ2) is 9.96. The highest BCUT2D eigenvalue weighted by atomic mass is 16.5. The van der Waals surface area contributed by atoms with E-state index in [1.54, 1.807) is 7.05 Å². The minimum atomic E-state index is 0.0615. The van der Waals surface area contributed by atoms with Crippen LogP contribution in [0.1, 0.15) is 35.6 Å². The first-order valence-corrected chi connectivity index (χ1v) is 11.2. The van der Waals surface area contributed by atoms with Crippen LogP contribution in [0.15, 0.2) is 53.5 Å². The number of amides is 1. The van der Waals surface area contributed by atoms with Crippen molar-refractivity contribution in [3.05, 3.63) is 65.2 Å². The number of guanidine groups is 1. The molecule has 6 nitrogen and oxygen atoms in total. The number of fused-ring (bicyclic) bond motifs is 1. The average molecular weight is 421 g/mol. The Balaban J connectivity index is 1.31. The zero-order valence-corrected chi connectivity index (χ0v) is 18.4. The molecule has 0 spiro atoms. The third kappa shape index (κ3) is 5.07. The van der Waals surface area contributed by atoms with Crippen LogP contribution in [0.5, 0.6) is 0 Å². The highest BCUT2D eigenvalue weighted by molar-refractivity contribution is 5.98. The SMILES string of the molecule is CN=C(NCC(=O)N1CCc2ccccc21)NCC1CCCOC1c1ccc(C)cc1. The highest BCUT2D eigenvalue weighted by Crippen LogP contribution is 2.33. The third-order valence-electron chi connectivity index (χ3n) is 6.20. The van der Waals surface area contributed by atoms with E-state index < -0.39 is 0 Å². The van der Waals surface area contributed by atoms with Gasteiger partial charge in [0.25, 0.3) is 0 Å². The molecule has 2 heterocycles. The fourth-order valence-corrected chi connectivity index (χ4v) is 4.48. The van der Waals surface area contributed by atoms with E-state index in [9.17, 15) is 4.79 Å². The predicted molar refractivity (Wildman–Crippen MR) is 124 cm³/mol. The number of carbonyl (C=O) groups is 1.